The molecule has 174 valence electrons. The predicted octanol–water partition coefficient (Wildman–Crippen LogP) is 9.18. The number of aliphatic hydroxyl groups is 1. The van der Waals surface area contributed by atoms with E-state index in [1.165, 1.54) is 5.57 Å². The van der Waals surface area contributed by atoms with Crippen LogP contribution in [0.1, 0.15) is 46.5 Å². The molecule has 0 aromatic heterocycles. The second-order valence-electron chi connectivity index (χ2n) is 8.91. The Hall–Kier alpha value is 4.78. The van der Waals surface area contributed by atoms with Gasteiger partial charge in [0, 0.05) is 20.9 Å². The van der Waals surface area contributed by atoms with Gasteiger partial charge in [0.1, 0.15) is 5.60 Å². The lowest BCUT2D eigenvalue weighted by atomic mass is 9.58. The zero-order valence-corrected chi connectivity index (χ0v) is 30.2. The molecule has 3 rings (SSSR count). The average Bonchev–Trinajstić information content (AvgIpc) is 2.94. The Morgan fingerprint density at radius 2 is 1.83 bits per heavy atom. The highest BCUT2D eigenvalue weighted by Crippen LogP contribution is 3.09. The van der Waals surface area contributed by atoms with Crippen molar-refractivity contribution in [1.82, 2.24) is 0 Å². The van der Waals surface area contributed by atoms with Crippen LogP contribution in [0.3, 0.4) is 0 Å². The summed E-state index contributed by atoms with van der Waals surface area (Å²) in [6, 6.07) is 0. The van der Waals surface area contributed by atoms with Gasteiger partial charge in [-0.25, -0.2) is 0 Å². The van der Waals surface area contributed by atoms with Crippen LogP contribution in [0.4, 0.5) is 0 Å². The monoisotopic (exact) mass is 636 g/mol. The van der Waals surface area contributed by atoms with E-state index in [9.17, 15) is 5.11 Å². The third-order valence-corrected chi connectivity index (χ3v) is 55.5. The van der Waals surface area contributed by atoms with Crippen LogP contribution in [0.25, 0.3) is 0 Å². The van der Waals surface area contributed by atoms with E-state index in [0.29, 0.717) is 14.4 Å². The first-order valence-electron chi connectivity index (χ1n) is 9.79. The van der Waals surface area contributed by atoms with E-state index in [1.807, 2.05) is 0 Å². The van der Waals surface area contributed by atoms with Gasteiger partial charge in [-0.3, -0.25) is 0 Å². The molecule has 15 atom stereocenters. The lowest BCUT2D eigenvalue weighted by Crippen LogP contribution is -2.55. The maximum absolute atomic E-state index is 12.4. The third kappa shape index (κ3) is 4.95. The Morgan fingerprint density at radius 3 is 2.37 bits per heavy atom. The number of hydrogen-bond acceptors (Lipinski definition) is 3. The molecule has 12 unspecified atom stereocenters. The molecular formula is C15H36O3P12. The number of rotatable bonds is 8. The zero-order chi connectivity index (χ0) is 22.5. The predicted molar refractivity (Wildman–Crippen MR) is 169 cm³/mol. The minimum atomic E-state index is -0.810. The van der Waals surface area contributed by atoms with Gasteiger partial charge >= 0.3 is 0 Å². The van der Waals surface area contributed by atoms with E-state index < -0.39 is 13.1 Å². The normalized spacial score (nSPS) is 40.5. The first-order chi connectivity index (χ1) is 14.0. The summed E-state index contributed by atoms with van der Waals surface area (Å²) in [4.78, 5) is 0. The first-order valence-corrected chi connectivity index (χ1v) is 30.0. The molecule has 30 heavy (non-hydrogen) atoms. The molecule has 15 heteroatoms. The molecule has 0 amide bonds. The average molecular weight is 636 g/mol. The minimum absolute atomic E-state index is 0.0453. The SMILES string of the molecule is CC1=CCC2[C@@H](OPP)[C@]3(O)CC[C@@H](OP(P(P)P)P(PP)P(P)P)C3(C1)C2(C)C. The van der Waals surface area contributed by atoms with Crippen molar-refractivity contribution < 1.29 is 14.2 Å². The molecule has 0 radical (unpaired) electrons. The van der Waals surface area contributed by atoms with Crippen molar-refractivity contribution in [1.29, 1.82) is 0 Å². The fourth-order valence-electron chi connectivity index (χ4n) is 6.17. The molecule has 0 heterocycles. The molecule has 2 fully saturated rings. The van der Waals surface area contributed by atoms with Crippen LogP contribution in [-0.2, 0) is 9.05 Å². The van der Waals surface area contributed by atoms with E-state index >= 15 is 0 Å². The zero-order valence-electron chi connectivity index (χ0n) is 17.7. The Morgan fingerprint density at radius 1 is 1.17 bits per heavy atom. The van der Waals surface area contributed by atoms with Gasteiger partial charge in [-0.05, 0) is 57.9 Å². The molecule has 2 saturated carbocycles. The van der Waals surface area contributed by atoms with Crippen LogP contribution in [0.5, 0.6) is 0 Å². The summed E-state index contributed by atoms with van der Waals surface area (Å²) in [7, 11) is 18.6. The van der Waals surface area contributed by atoms with E-state index in [1.54, 1.807) is 0 Å². The summed E-state index contributed by atoms with van der Waals surface area (Å²) < 4.78 is 13.5. The van der Waals surface area contributed by atoms with Gasteiger partial charge in [-0.1, -0.05) is 42.4 Å². The largest absolute Gasteiger partial charge is 0.386 e. The van der Waals surface area contributed by atoms with Crippen LogP contribution < -0.4 is 0 Å². The Bertz CT molecular complexity index is 663. The number of hydrogen-bond donors (Lipinski definition) is 1. The molecule has 2 bridgehead atoms. The van der Waals surface area contributed by atoms with Crippen LogP contribution >= 0.6 is 98.5 Å². The number of allylic oxidation sites excluding steroid dienone is 2. The Balaban J connectivity index is 2.07. The van der Waals surface area contributed by atoms with E-state index in [-0.39, 0.29) is 44.0 Å². The van der Waals surface area contributed by atoms with Crippen molar-refractivity contribution in [2.45, 2.75) is 64.3 Å². The standard InChI is InChI=1S/C15H36O3P12/c1-9-4-5-10-12(17-25-19)15(16)7-6-11(14(15,8-9)13(10,2)3)18-27(28(21)22)30(26-20)29(23)24/h4,10-12,16,25-26H,5-8,19-24H2,1-3H3/t10?,11-,12-,14?,15-,27?,30?/m1/s1. The van der Waals surface area contributed by atoms with E-state index in [0.717, 1.165) is 33.6 Å². The number of fused-ring (bicyclic) bond motifs is 1. The van der Waals surface area contributed by atoms with Crippen molar-refractivity contribution >= 4 is 98.5 Å². The van der Waals surface area contributed by atoms with E-state index in [4.69, 9.17) is 9.05 Å². The summed E-state index contributed by atoms with van der Waals surface area (Å²) >= 11 is 0. The van der Waals surface area contributed by atoms with Crippen LogP contribution in [0.2, 0.25) is 0 Å². The quantitative estimate of drug-likeness (QED) is 0.214. The highest BCUT2D eigenvalue weighted by molar-refractivity contribution is 9.10. The van der Waals surface area contributed by atoms with Gasteiger partial charge in [0.25, 0.3) is 0 Å². The molecule has 1 spiro atoms. The van der Waals surface area contributed by atoms with Crippen molar-refractivity contribution in [2.75, 3.05) is 0 Å². The molecule has 0 aromatic carbocycles. The molecule has 1 N–H and O–H groups in total. The summed E-state index contributed by atoms with van der Waals surface area (Å²) in [5.41, 5.74) is 0.267. The second-order valence-corrected chi connectivity index (χ2v) is 44.6. The maximum Gasteiger partial charge on any atom is 0.100 e. The minimum Gasteiger partial charge on any atom is -0.386 e. The molecule has 0 saturated heterocycles. The van der Waals surface area contributed by atoms with Gasteiger partial charge in [0.2, 0.25) is 0 Å². The van der Waals surface area contributed by atoms with Crippen LogP contribution in [-0.4, -0.2) is 22.9 Å². The van der Waals surface area contributed by atoms with Gasteiger partial charge in [0.15, 0.2) is 0 Å². The fourth-order valence-corrected chi connectivity index (χ4v) is 73.4. The summed E-state index contributed by atoms with van der Waals surface area (Å²) in [5, 5.41) is 12.4. The highest BCUT2D eigenvalue weighted by atomic mass is 33.1. The first kappa shape index (κ1) is 29.3. The van der Waals surface area contributed by atoms with E-state index in [2.05, 4.69) is 80.4 Å². The topological polar surface area (TPSA) is 38.7 Å². The third-order valence-electron chi connectivity index (χ3n) is 7.41. The Kier molecular flexibility index (Phi) is 11.4. The lowest BCUT2D eigenvalue weighted by molar-refractivity contribution is -0.137. The van der Waals surface area contributed by atoms with Crippen molar-refractivity contribution in [3.63, 3.8) is 0 Å². The highest BCUT2D eigenvalue weighted by Gasteiger charge is 2.78. The maximum atomic E-state index is 12.4. The lowest BCUT2D eigenvalue weighted by Gasteiger charge is -2.51. The molecule has 0 aliphatic heterocycles. The second kappa shape index (κ2) is 11.7. The summed E-state index contributed by atoms with van der Waals surface area (Å²) in [6.45, 7) is 6.35. The molecular weight excluding hydrogens is 600 g/mol. The van der Waals surface area contributed by atoms with Crippen LogP contribution in [0.15, 0.2) is 11.6 Å². The molecule has 0 aromatic rings. The van der Waals surface area contributed by atoms with Gasteiger partial charge in [-0.2, -0.15) is 0 Å². The van der Waals surface area contributed by atoms with Gasteiger partial charge in [-0.15, -0.1) is 44.6 Å². The van der Waals surface area contributed by atoms with Crippen LogP contribution in [0, 0.1) is 16.7 Å². The molecule has 3 aliphatic carbocycles. The molecule has 3 aliphatic rings. The smallest absolute Gasteiger partial charge is 0.100 e. The van der Waals surface area contributed by atoms with Crippen molar-refractivity contribution in [2.24, 2.45) is 16.7 Å². The Labute approximate surface area is 204 Å². The summed E-state index contributed by atoms with van der Waals surface area (Å²) in [6.07, 6.45) is 6.03. The van der Waals surface area contributed by atoms with Gasteiger partial charge < -0.3 is 14.2 Å². The molecule has 3 nitrogen and oxygen atoms in total. The van der Waals surface area contributed by atoms with Crippen molar-refractivity contribution in [3.8, 4) is 0 Å². The fraction of sp³-hybridized carbons (Fsp3) is 0.867. The van der Waals surface area contributed by atoms with Crippen molar-refractivity contribution in [3.05, 3.63) is 11.6 Å². The van der Waals surface area contributed by atoms with Gasteiger partial charge in [0.05, 0.1) is 19.7 Å². The summed E-state index contributed by atoms with van der Waals surface area (Å²) in [5.74, 6) is 0.324.